The highest BCUT2D eigenvalue weighted by molar-refractivity contribution is 5.81. The van der Waals surface area contributed by atoms with Gasteiger partial charge in [0.1, 0.15) is 0 Å². The first-order chi connectivity index (χ1) is 7.52. The monoisotopic (exact) mass is 230 g/mol. The van der Waals surface area contributed by atoms with Crippen LogP contribution in [0.3, 0.4) is 0 Å². The average Bonchev–Trinajstić information content (AvgIpc) is 2.24. The fraction of sp³-hybridized carbons (Fsp3) is 0.917. The molecule has 0 aromatic rings. The number of methoxy groups -OCH3 is 1. The second kappa shape index (κ2) is 8.53. The van der Waals surface area contributed by atoms with Crippen LogP contribution in [-0.2, 0) is 9.53 Å². The van der Waals surface area contributed by atoms with Gasteiger partial charge in [0, 0.05) is 7.11 Å². The lowest BCUT2D eigenvalue weighted by Gasteiger charge is -2.23. The summed E-state index contributed by atoms with van der Waals surface area (Å²) < 4.78 is 5.07. The minimum absolute atomic E-state index is 0.0465. The summed E-state index contributed by atoms with van der Waals surface area (Å²) in [7, 11) is 1.64. The molecule has 2 atom stereocenters. The summed E-state index contributed by atoms with van der Waals surface area (Å²) in [6.45, 7) is 6.74. The van der Waals surface area contributed by atoms with Crippen LogP contribution in [0.25, 0.3) is 0 Å². The van der Waals surface area contributed by atoms with E-state index in [1.165, 1.54) is 0 Å². The summed E-state index contributed by atoms with van der Waals surface area (Å²) in [5.74, 6) is 0.284. The Morgan fingerprint density at radius 3 is 2.50 bits per heavy atom. The van der Waals surface area contributed by atoms with Crippen LogP contribution in [0.5, 0.6) is 0 Å². The van der Waals surface area contributed by atoms with E-state index in [-0.39, 0.29) is 11.9 Å². The van der Waals surface area contributed by atoms with E-state index >= 15 is 0 Å². The molecule has 0 aliphatic heterocycles. The van der Waals surface area contributed by atoms with Crippen LogP contribution >= 0.6 is 0 Å². The van der Waals surface area contributed by atoms with E-state index in [1.807, 2.05) is 0 Å². The van der Waals surface area contributed by atoms with Crippen molar-refractivity contribution in [1.29, 1.82) is 0 Å². The Balaban J connectivity index is 4.07. The van der Waals surface area contributed by atoms with Gasteiger partial charge in [-0.15, -0.1) is 0 Å². The van der Waals surface area contributed by atoms with E-state index in [0.717, 1.165) is 19.3 Å². The third-order valence-electron chi connectivity index (χ3n) is 2.68. The number of amides is 1. The minimum atomic E-state index is -0.391. The quantitative estimate of drug-likeness (QED) is 0.660. The Hall–Kier alpha value is -0.610. The molecule has 0 heterocycles. The molecule has 3 N–H and O–H groups in total. The number of nitrogens with two attached hydrogens (primary N) is 1. The van der Waals surface area contributed by atoms with Gasteiger partial charge >= 0.3 is 0 Å². The van der Waals surface area contributed by atoms with E-state index in [9.17, 15) is 4.79 Å². The number of ether oxygens (including phenoxy) is 1. The normalized spacial score (nSPS) is 14.9. The first-order valence-electron chi connectivity index (χ1n) is 6.07. The molecule has 96 valence electrons. The van der Waals surface area contributed by atoms with E-state index in [2.05, 4.69) is 26.1 Å². The van der Waals surface area contributed by atoms with Gasteiger partial charge in [-0.1, -0.05) is 33.6 Å². The first kappa shape index (κ1) is 15.4. The molecule has 4 heteroatoms. The van der Waals surface area contributed by atoms with Crippen molar-refractivity contribution in [3.8, 4) is 0 Å². The van der Waals surface area contributed by atoms with Crippen molar-refractivity contribution in [3.05, 3.63) is 0 Å². The Labute approximate surface area is 98.9 Å². The largest absolute Gasteiger partial charge is 0.383 e. The SMILES string of the molecule is CCCC[C@H](N)C(=O)NC(COC)C(C)C. The van der Waals surface area contributed by atoms with Crippen molar-refractivity contribution in [2.24, 2.45) is 11.7 Å². The highest BCUT2D eigenvalue weighted by Crippen LogP contribution is 2.04. The Kier molecular flexibility index (Phi) is 8.21. The zero-order valence-corrected chi connectivity index (χ0v) is 11.0. The molecule has 4 nitrogen and oxygen atoms in total. The van der Waals surface area contributed by atoms with E-state index in [4.69, 9.17) is 10.5 Å². The second-order valence-corrected chi connectivity index (χ2v) is 4.56. The number of unbranched alkanes of at least 4 members (excludes halogenated alkanes) is 1. The number of hydrogen-bond acceptors (Lipinski definition) is 3. The van der Waals surface area contributed by atoms with Gasteiger partial charge in [-0.3, -0.25) is 4.79 Å². The Morgan fingerprint density at radius 1 is 1.44 bits per heavy atom. The number of rotatable bonds is 8. The Morgan fingerprint density at radius 2 is 2.06 bits per heavy atom. The molecule has 0 aliphatic rings. The van der Waals surface area contributed by atoms with E-state index in [1.54, 1.807) is 7.11 Å². The molecule has 0 aromatic heterocycles. The summed E-state index contributed by atoms with van der Waals surface area (Å²) in [4.78, 5) is 11.7. The molecule has 0 aliphatic carbocycles. The molecule has 0 radical (unpaired) electrons. The fourth-order valence-electron chi connectivity index (χ4n) is 1.43. The maximum atomic E-state index is 11.7. The van der Waals surface area contributed by atoms with Gasteiger partial charge in [0.05, 0.1) is 18.7 Å². The molecular formula is C12H26N2O2. The van der Waals surface area contributed by atoms with Crippen molar-refractivity contribution in [1.82, 2.24) is 5.32 Å². The van der Waals surface area contributed by atoms with Crippen LogP contribution in [0, 0.1) is 5.92 Å². The molecular weight excluding hydrogens is 204 g/mol. The predicted octanol–water partition coefficient (Wildman–Crippen LogP) is 1.29. The average molecular weight is 230 g/mol. The van der Waals surface area contributed by atoms with Crippen LogP contribution in [0.1, 0.15) is 40.0 Å². The summed E-state index contributed by atoms with van der Waals surface area (Å²) in [6, 6.07) is -0.344. The highest BCUT2D eigenvalue weighted by Gasteiger charge is 2.19. The van der Waals surface area contributed by atoms with Gasteiger partial charge in [0.15, 0.2) is 0 Å². The number of nitrogens with one attached hydrogen (secondary N) is 1. The summed E-state index contributed by atoms with van der Waals surface area (Å²) in [5.41, 5.74) is 5.80. The third kappa shape index (κ3) is 6.08. The molecule has 0 aromatic carbocycles. The van der Waals surface area contributed by atoms with Gasteiger partial charge in [0.25, 0.3) is 0 Å². The van der Waals surface area contributed by atoms with Crippen LogP contribution < -0.4 is 11.1 Å². The maximum absolute atomic E-state index is 11.7. The maximum Gasteiger partial charge on any atom is 0.237 e. The van der Waals surface area contributed by atoms with Gasteiger partial charge < -0.3 is 15.8 Å². The highest BCUT2D eigenvalue weighted by atomic mass is 16.5. The lowest BCUT2D eigenvalue weighted by Crippen LogP contribution is -2.48. The van der Waals surface area contributed by atoms with E-state index < -0.39 is 6.04 Å². The molecule has 1 unspecified atom stereocenters. The smallest absolute Gasteiger partial charge is 0.237 e. The molecule has 0 rings (SSSR count). The van der Waals surface area contributed by atoms with Crippen molar-refractivity contribution in [2.45, 2.75) is 52.1 Å². The fourth-order valence-corrected chi connectivity index (χ4v) is 1.43. The molecule has 0 saturated carbocycles. The molecule has 16 heavy (non-hydrogen) atoms. The summed E-state index contributed by atoms with van der Waals surface area (Å²) in [6.07, 6.45) is 2.80. The standard InChI is InChI=1S/C12H26N2O2/c1-5-6-7-10(13)12(15)14-11(8-16-4)9(2)3/h9-11H,5-8,13H2,1-4H3,(H,14,15)/t10-,11?/m0/s1. The summed E-state index contributed by atoms with van der Waals surface area (Å²) in [5, 5.41) is 2.94. The molecule has 0 spiro atoms. The molecule has 0 fully saturated rings. The van der Waals surface area contributed by atoms with Gasteiger partial charge in [-0.2, -0.15) is 0 Å². The lowest BCUT2D eigenvalue weighted by atomic mass is 10.0. The van der Waals surface area contributed by atoms with Crippen LogP contribution in [0.15, 0.2) is 0 Å². The number of carbonyl (C=O) groups excluding carboxylic acids is 1. The van der Waals surface area contributed by atoms with Crippen LogP contribution in [0.2, 0.25) is 0 Å². The van der Waals surface area contributed by atoms with E-state index in [0.29, 0.717) is 12.5 Å². The second-order valence-electron chi connectivity index (χ2n) is 4.56. The van der Waals surface area contributed by atoms with Crippen molar-refractivity contribution >= 4 is 5.91 Å². The lowest BCUT2D eigenvalue weighted by molar-refractivity contribution is -0.124. The first-order valence-corrected chi connectivity index (χ1v) is 6.07. The summed E-state index contributed by atoms with van der Waals surface area (Å²) >= 11 is 0. The zero-order chi connectivity index (χ0) is 12.6. The predicted molar refractivity (Wildman–Crippen MR) is 66.1 cm³/mol. The molecule has 0 bridgehead atoms. The number of hydrogen-bond donors (Lipinski definition) is 2. The van der Waals surface area contributed by atoms with Crippen molar-refractivity contribution < 1.29 is 9.53 Å². The van der Waals surface area contributed by atoms with Gasteiger partial charge in [0.2, 0.25) is 5.91 Å². The van der Waals surface area contributed by atoms with Crippen molar-refractivity contribution in [3.63, 3.8) is 0 Å². The molecule has 1 amide bonds. The van der Waals surface area contributed by atoms with Gasteiger partial charge in [-0.25, -0.2) is 0 Å². The van der Waals surface area contributed by atoms with Crippen LogP contribution in [0.4, 0.5) is 0 Å². The topological polar surface area (TPSA) is 64.4 Å². The van der Waals surface area contributed by atoms with Gasteiger partial charge in [-0.05, 0) is 12.3 Å². The third-order valence-corrected chi connectivity index (χ3v) is 2.68. The molecule has 0 saturated heterocycles. The minimum Gasteiger partial charge on any atom is -0.383 e. The Bertz CT molecular complexity index is 195. The zero-order valence-electron chi connectivity index (χ0n) is 11.0. The number of carbonyl (C=O) groups is 1. The van der Waals surface area contributed by atoms with Crippen molar-refractivity contribution in [2.75, 3.05) is 13.7 Å². The van der Waals surface area contributed by atoms with Crippen LogP contribution in [-0.4, -0.2) is 31.7 Å².